The van der Waals surface area contributed by atoms with Crippen molar-refractivity contribution in [3.8, 4) is 0 Å². The summed E-state index contributed by atoms with van der Waals surface area (Å²) in [7, 11) is 0. The van der Waals surface area contributed by atoms with E-state index in [1.54, 1.807) is 0 Å². The van der Waals surface area contributed by atoms with Gasteiger partial charge < -0.3 is 14.5 Å². The lowest BCUT2D eigenvalue weighted by Gasteiger charge is -2.37. The van der Waals surface area contributed by atoms with Crippen LogP contribution in [0.25, 0.3) is 0 Å². The van der Waals surface area contributed by atoms with Crippen molar-refractivity contribution in [1.29, 1.82) is 0 Å². The number of nitrogens with zero attached hydrogens (tertiary/aromatic N) is 2. The molecule has 1 aliphatic carbocycles. The summed E-state index contributed by atoms with van der Waals surface area (Å²) in [5.41, 5.74) is 0. The zero-order valence-electron chi connectivity index (χ0n) is 14.2. The Morgan fingerprint density at radius 3 is 1.83 bits per heavy atom. The van der Waals surface area contributed by atoms with Crippen LogP contribution >= 0.6 is 0 Å². The molecule has 1 atom stereocenters. The van der Waals surface area contributed by atoms with Crippen molar-refractivity contribution in [1.82, 2.24) is 9.80 Å². The van der Waals surface area contributed by atoms with Crippen molar-refractivity contribution in [2.45, 2.75) is 63.9 Å². The molecule has 2 saturated heterocycles. The van der Waals surface area contributed by atoms with Gasteiger partial charge in [-0.25, -0.2) is 0 Å². The van der Waals surface area contributed by atoms with Crippen molar-refractivity contribution in [2.75, 3.05) is 32.8 Å². The molecular weight excluding hydrogens is 292 g/mol. The number of piperazine rings is 1. The molecule has 23 heavy (non-hydrogen) atoms. The van der Waals surface area contributed by atoms with Gasteiger partial charge in [-0.15, -0.1) is 0 Å². The van der Waals surface area contributed by atoms with Crippen molar-refractivity contribution >= 4 is 11.8 Å². The second-order valence-corrected chi connectivity index (χ2v) is 7.19. The summed E-state index contributed by atoms with van der Waals surface area (Å²) in [4.78, 5) is 29.0. The molecule has 2 heterocycles. The lowest BCUT2D eigenvalue weighted by Crippen LogP contribution is -2.53. The minimum absolute atomic E-state index is 0.126. The van der Waals surface area contributed by atoms with Crippen molar-refractivity contribution in [3.05, 3.63) is 0 Å². The van der Waals surface area contributed by atoms with Crippen LogP contribution < -0.4 is 0 Å². The first kappa shape index (κ1) is 16.7. The maximum Gasteiger partial charge on any atom is 0.251 e. The fraction of sp³-hybridized carbons (Fsp3) is 0.889. The van der Waals surface area contributed by atoms with Crippen molar-refractivity contribution < 1.29 is 14.3 Å². The molecule has 5 heteroatoms. The Labute approximate surface area is 139 Å². The molecule has 0 aromatic heterocycles. The van der Waals surface area contributed by atoms with Gasteiger partial charge in [-0.1, -0.05) is 32.1 Å². The monoisotopic (exact) mass is 322 g/mol. The molecule has 0 bridgehead atoms. The highest BCUT2D eigenvalue weighted by Crippen LogP contribution is 2.25. The quantitative estimate of drug-likeness (QED) is 0.783. The van der Waals surface area contributed by atoms with E-state index in [1.165, 1.54) is 32.1 Å². The van der Waals surface area contributed by atoms with Gasteiger partial charge >= 0.3 is 0 Å². The molecule has 3 aliphatic rings. The molecule has 0 aromatic rings. The van der Waals surface area contributed by atoms with E-state index in [0.717, 1.165) is 25.7 Å². The highest BCUT2D eigenvalue weighted by Gasteiger charge is 2.32. The Morgan fingerprint density at radius 1 is 0.696 bits per heavy atom. The van der Waals surface area contributed by atoms with E-state index in [2.05, 4.69) is 0 Å². The number of ether oxygens (including phenoxy) is 1. The van der Waals surface area contributed by atoms with E-state index in [-0.39, 0.29) is 17.9 Å². The summed E-state index contributed by atoms with van der Waals surface area (Å²) in [5, 5.41) is 0. The van der Waals surface area contributed by atoms with Crippen LogP contribution in [0.2, 0.25) is 0 Å². The molecule has 0 radical (unpaired) electrons. The lowest BCUT2D eigenvalue weighted by molar-refractivity contribution is -0.147. The summed E-state index contributed by atoms with van der Waals surface area (Å²) in [6.45, 7) is 3.41. The van der Waals surface area contributed by atoms with Crippen LogP contribution in [0.5, 0.6) is 0 Å². The zero-order chi connectivity index (χ0) is 16.1. The van der Waals surface area contributed by atoms with Crippen LogP contribution in [-0.4, -0.2) is 60.5 Å². The molecule has 5 nitrogen and oxygen atoms in total. The third-order valence-electron chi connectivity index (χ3n) is 5.56. The number of rotatable bonds is 2. The number of amides is 2. The summed E-state index contributed by atoms with van der Waals surface area (Å²) in [6.07, 6.45) is 9.94. The molecule has 0 unspecified atom stereocenters. The molecular formula is C18H30N2O3. The van der Waals surface area contributed by atoms with Gasteiger partial charge in [0, 0.05) is 38.7 Å². The van der Waals surface area contributed by atoms with Gasteiger partial charge in [-0.3, -0.25) is 9.59 Å². The Kier molecular flexibility index (Phi) is 5.92. The number of hydrogen-bond donors (Lipinski definition) is 0. The second-order valence-electron chi connectivity index (χ2n) is 7.19. The van der Waals surface area contributed by atoms with E-state index in [9.17, 15) is 9.59 Å². The molecule has 3 rings (SSSR count). The molecule has 0 spiro atoms. The number of hydrogen-bond acceptors (Lipinski definition) is 3. The largest absolute Gasteiger partial charge is 0.368 e. The maximum atomic E-state index is 12.7. The van der Waals surface area contributed by atoms with Gasteiger partial charge in [0.1, 0.15) is 6.10 Å². The van der Waals surface area contributed by atoms with Crippen LogP contribution in [0.1, 0.15) is 57.8 Å². The minimum Gasteiger partial charge on any atom is -0.368 e. The van der Waals surface area contributed by atoms with Crippen LogP contribution in [0.3, 0.4) is 0 Å². The molecule has 3 fully saturated rings. The topological polar surface area (TPSA) is 49.9 Å². The van der Waals surface area contributed by atoms with Gasteiger partial charge in [-0.2, -0.15) is 0 Å². The molecule has 2 aliphatic heterocycles. The molecule has 2 amide bonds. The first-order valence-corrected chi connectivity index (χ1v) is 9.45. The fourth-order valence-electron chi connectivity index (χ4n) is 4.08. The highest BCUT2D eigenvalue weighted by atomic mass is 16.5. The smallest absolute Gasteiger partial charge is 0.251 e. The van der Waals surface area contributed by atoms with Crippen LogP contribution in [0, 0.1) is 5.92 Å². The van der Waals surface area contributed by atoms with Gasteiger partial charge in [-0.05, 0) is 25.7 Å². The predicted molar refractivity (Wildman–Crippen MR) is 87.9 cm³/mol. The maximum absolute atomic E-state index is 12.7. The van der Waals surface area contributed by atoms with E-state index in [4.69, 9.17) is 4.74 Å². The van der Waals surface area contributed by atoms with Gasteiger partial charge in [0.2, 0.25) is 5.91 Å². The molecule has 0 N–H and O–H groups in total. The van der Waals surface area contributed by atoms with E-state index < -0.39 is 0 Å². The van der Waals surface area contributed by atoms with E-state index >= 15 is 0 Å². The minimum atomic E-state index is -0.233. The summed E-state index contributed by atoms with van der Waals surface area (Å²) in [5.74, 6) is 0.674. The SMILES string of the molecule is O=C(C1CCCCCCC1)N1CCN(C(=O)[C@@H]2CCCO2)CC1. The normalized spacial score (nSPS) is 27.6. The first-order valence-electron chi connectivity index (χ1n) is 9.45. The zero-order valence-corrected chi connectivity index (χ0v) is 14.2. The average Bonchev–Trinajstić information content (AvgIpc) is 3.08. The van der Waals surface area contributed by atoms with Crippen LogP contribution in [0.4, 0.5) is 0 Å². The number of carbonyl (C=O) groups is 2. The highest BCUT2D eigenvalue weighted by molar-refractivity contribution is 5.82. The Balaban J connectivity index is 1.47. The second kappa shape index (κ2) is 8.13. The van der Waals surface area contributed by atoms with E-state index in [1.807, 2.05) is 9.80 Å². The fourth-order valence-corrected chi connectivity index (χ4v) is 4.08. The number of carbonyl (C=O) groups excluding carboxylic acids is 2. The van der Waals surface area contributed by atoms with Crippen molar-refractivity contribution in [3.63, 3.8) is 0 Å². The summed E-state index contributed by atoms with van der Waals surface area (Å²) in [6, 6.07) is 0. The summed E-state index contributed by atoms with van der Waals surface area (Å²) < 4.78 is 5.49. The third kappa shape index (κ3) is 4.25. The summed E-state index contributed by atoms with van der Waals surface area (Å²) >= 11 is 0. The Morgan fingerprint density at radius 2 is 1.26 bits per heavy atom. The molecule has 130 valence electrons. The van der Waals surface area contributed by atoms with Gasteiger partial charge in [0.05, 0.1) is 0 Å². The van der Waals surface area contributed by atoms with Crippen LogP contribution in [-0.2, 0) is 14.3 Å². The average molecular weight is 322 g/mol. The van der Waals surface area contributed by atoms with Gasteiger partial charge in [0.25, 0.3) is 5.91 Å². The van der Waals surface area contributed by atoms with E-state index in [0.29, 0.717) is 38.7 Å². The Hall–Kier alpha value is -1.10. The lowest BCUT2D eigenvalue weighted by atomic mass is 9.90. The first-order chi connectivity index (χ1) is 11.3. The molecule has 0 aromatic carbocycles. The Bertz CT molecular complexity index is 404. The van der Waals surface area contributed by atoms with Crippen LogP contribution in [0.15, 0.2) is 0 Å². The third-order valence-corrected chi connectivity index (χ3v) is 5.56. The predicted octanol–water partition coefficient (Wildman–Crippen LogP) is 2.20. The standard InChI is InChI=1S/C18H30N2O3/c21-17(15-7-4-2-1-3-5-8-15)19-10-12-20(13-11-19)18(22)16-9-6-14-23-16/h15-16H,1-14H2/t16-/m0/s1. The van der Waals surface area contributed by atoms with Crippen molar-refractivity contribution in [2.24, 2.45) is 5.92 Å². The molecule has 1 saturated carbocycles. The van der Waals surface area contributed by atoms with Gasteiger partial charge in [0.15, 0.2) is 0 Å².